The summed E-state index contributed by atoms with van der Waals surface area (Å²) in [4.78, 5) is 13.8. The summed E-state index contributed by atoms with van der Waals surface area (Å²) < 4.78 is 12.8. The average molecular weight is 415 g/mol. The van der Waals surface area contributed by atoms with Gasteiger partial charge in [-0.1, -0.05) is 17.8 Å². The maximum Gasteiger partial charge on any atom is 0.237 e. The lowest BCUT2D eigenvalue weighted by Crippen LogP contribution is -2.22. The number of benzene rings is 1. The standard InChI is InChI=1S/C19H18N4O3S2/c1-11(18(24)20-12-4-7-14-15(9-12)26-10-25-14)28-19-22-21-17(16-3-2-8-27-16)23(19)13-5-6-13/h2-4,7-9,11,13H,5-6,10H2,1H3,(H,20,24). The van der Waals surface area contributed by atoms with Gasteiger partial charge in [0.1, 0.15) is 0 Å². The lowest BCUT2D eigenvalue weighted by atomic mass is 10.2. The number of hydrogen-bond acceptors (Lipinski definition) is 7. The molecule has 2 aromatic heterocycles. The van der Waals surface area contributed by atoms with Crippen LogP contribution in [-0.4, -0.2) is 32.7 Å². The molecule has 144 valence electrons. The number of carbonyl (C=O) groups is 1. The van der Waals surface area contributed by atoms with Crippen LogP contribution in [0, 0.1) is 0 Å². The number of amides is 1. The van der Waals surface area contributed by atoms with Crippen molar-refractivity contribution < 1.29 is 14.3 Å². The zero-order chi connectivity index (χ0) is 19.1. The van der Waals surface area contributed by atoms with Crippen LogP contribution in [0.3, 0.4) is 0 Å². The molecule has 7 nitrogen and oxygen atoms in total. The number of thiophene rings is 1. The number of thioether (sulfide) groups is 1. The number of hydrogen-bond donors (Lipinski definition) is 1. The topological polar surface area (TPSA) is 78.3 Å². The first kappa shape index (κ1) is 17.6. The zero-order valence-corrected chi connectivity index (χ0v) is 16.8. The molecule has 0 bridgehead atoms. The third-order valence-corrected chi connectivity index (χ3v) is 6.53. The molecule has 9 heteroatoms. The van der Waals surface area contributed by atoms with Gasteiger partial charge in [0.05, 0.1) is 10.1 Å². The number of anilines is 1. The summed E-state index contributed by atoms with van der Waals surface area (Å²) in [5, 5.41) is 14.2. The van der Waals surface area contributed by atoms with Crippen molar-refractivity contribution in [3.05, 3.63) is 35.7 Å². The van der Waals surface area contributed by atoms with E-state index in [4.69, 9.17) is 9.47 Å². The number of nitrogens with one attached hydrogen (secondary N) is 1. The number of aromatic nitrogens is 3. The maximum atomic E-state index is 12.7. The fraction of sp³-hybridized carbons (Fsp3) is 0.316. The molecule has 28 heavy (non-hydrogen) atoms. The molecule has 1 N–H and O–H groups in total. The highest BCUT2D eigenvalue weighted by Gasteiger charge is 2.31. The Morgan fingerprint density at radius 2 is 2.14 bits per heavy atom. The van der Waals surface area contributed by atoms with Crippen molar-refractivity contribution in [3.8, 4) is 22.2 Å². The van der Waals surface area contributed by atoms with Gasteiger partial charge < -0.3 is 14.8 Å². The molecule has 1 saturated carbocycles. The van der Waals surface area contributed by atoms with Gasteiger partial charge in [-0.25, -0.2) is 0 Å². The highest BCUT2D eigenvalue weighted by Crippen LogP contribution is 2.42. The Kier molecular flexibility index (Phi) is 4.48. The molecule has 3 aromatic rings. The maximum absolute atomic E-state index is 12.7. The SMILES string of the molecule is CC(Sc1nnc(-c2cccs2)n1C1CC1)C(=O)Nc1ccc2c(c1)OCO2. The van der Waals surface area contributed by atoms with Crippen molar-refractivity contribution in [2.24, 2.45) is 0 Å². The molecule has 0 saturated heterocycles. The minimum absolute atomic E-state index is 0.0908. The first-order valence-corrected chi connectivity index (χ1v) is 10.8. The summed E-state index contributed by atoms with van der Waals surface area (Å²) in [6, 6.07) is 9.88. The first-order valence-electron chi connectivity index (χ1n) is 9.05. The van der Waals surface area contributed by atoms with E-state index in [0.717, 1.165) is 28.7 Å². The van der Waals surface area contributed by atoms with E-state index in [1.807, 2.05) is 24.4 Å². The molecule has 0 spiro atoms. The van der Waals surface area contributed by atoms with Crippen molar-refractivity contribution in [1.29, 1.82) is 0 Å². The molecule has 1 aromatic carbocycles. The van der Waals surface area contributed by atoms with Gasteiger partial charge in [0.15, 0.2) is 22.5 Å². The van der Waals surface area contributed by atoms with E-state index >= 15 is 0 Å². The van der Waals surface area contributed by atoms with Crippen molar-refractivity contribution in [3.63, 3.8) is 0 Å². The van der Waals surface area contributed by atoms with E-state index in [-0.39, 0.29) is 18.0 Å². The van der Waals surface area contributed by atoms with E-state index in [1.54, 1.807) is 23.5 Å². The molecule has 0 radical (unpaired) electrons. The first-order chi connectivity index (χ1) is 13.7. The smallest absolute Gasteiger partial charge is 0.237 e. The minimum atomic E-state index is -0.316. The van der Waals surface area contributed by atoms with E-state index in [1.165, 1.54) is 11.8 Å². The van der Waals surface area contributed by atoms with Gasteiger partial charge in [0.2, 0.25) is 12.7 Å². The second-order valence-corrected chi connectivity index (χ2v) is 8.96. The zero-order valence-electron chi connectivity index (χ0n) is 15.1. The van der Waals surface area contributed by atoms with Crippen molar-refractivity contribution in [2.45, 2.75) is 36.2 Å². The molecule has 3 heterocycles. The van der Waals surface area contributed by atoms with Gasteiger partial charge in [0.25, 0.3) is 0 Å². The fourth-order valence-corrected chi connectivity index (χ4v) is 4.65. The number of rotatable bonds is 6. The number of nitrogens with zero attached hydrogens (tertiary/aromatic N) is 3. The Morgan fingerprint density at radius 3 is 2.93 bits per heavy atom. The normalized spacial score (nSPS) is 16.2. The highest BCUT2D eigenvalue weighted by atomic mass is 32.2. The Balaban J connectivity index is 1.31. The van der Waals surface area contributed by atoms with Gasteiger partial charge in [0, 0.05) is 17.8 Å². The van der Waals surface area contributed by atoms with E-state index in [0.29, 0.717) is 23.2 Å². The molecule has 1 atom stereocenters. The molecule has 5 rings (SSSR count). The molecule has 1 aliphatic carbocycles. The van der Waals surface area contributed by atoms with Crippen LogP contribution < -0.4 is 14.8 Å². The van der Waals surface area contributed by atoms with Crippen LogP contribution in [0.4, 0.5) is 5.69 Å². The number of fused-ring (bicyclic) bond motifs is 1. The van der Waals surface area contributed by atoms with Gasteiger partial charge in [-0.05, 0) is 43.3 Å². The van der Waals surface area contributed by atoms with Crippen LogP contribution in [0.2, 0.25) is 0 Å². The van der Waals surface area contributed by atoms with Gasteiger partial charge in [-0.2, -0.15) is 0 Å². The van der Waals surface area contributed by atoms with Crippen LogP contribution in [0.15, 0.2) is 40.9 Å². The average Bonchev–Trinajstić information content (AvgIpc) is 3.11. The molecular weight excluding hydrogens is 396 g/mol. The number of carbonyl (C=O) groups excluding carboxylic acids is 1. The Labute approximate surface area is 170 Å². The summed E-state index contributed by atoms with van der Waals surface area (Å²) in [5.41, 5.74) is 0.685. The molecule has 2 aliphatic rings. The molecular formula is C19H18N4O3S2. The van der Waals surface area contributed by atoms with Gasteiger partial charge in [-0.15, -0.1) is 21.5 Å². The Hall–Kier alpha value is -2.52. The molecule has 1 amide bonds. The van der Waals surface area contributed by atoms with E-state index in [2.05, 4.69) is 26.1 Å². The molecule has 1 aliphatic heterocycles. The highest BCUT2D eigenvalue weighted by molar-refractivity contribution is 8.00. The van der Waals surface area contributed by atoms with Crippen LogP contribution in [-0.2, 0) is 4.79 Å². The van der Waals surface area contributed by atoms with Gasteiger partial charge in [-0.3, -0.25) is 9.36 Å². The molecule has 1 fully saturated rings. The third kappa shape index (κ3) is 3.35. The fourth-order valence-electron chi connectivity index (χ4n) is 3.02. The van der Waals surface area contributed by atoms with Crippen LogP contribution in [0.25, 0.3) is 10.7 Å². The summed E-state index contributed by atoms with van der Waals surface area (Å²) >= 11 is 3.09. The largest absolute Gasteiger partial charge is 0.454 e. The summed E-state index contributed by atoms with van der Waals surface area (Å²) in [7, 11) is 0. The minimum Gasteiger partial charge on any atom is -0.454 e. The second kappa shape index (κ2) is 7.14. The number of ether oxygens (including phenoxy) is 2. The summed E-state index contributed by atoms with van der Waals surface area (Å²) in [6.07, 6.45) is 2.25. The predicted molar refractivity (Wildman–Crippen MR) is 108 cm³/mol. The van der Waals surface area contributed by atoms with Crippen LogP contribution in [0.1, 0.15) is 25.8 Å². The lowest BCUT2D eigenvalue weighted by Gasteiger charge is -2.13. The molecule has 1 unspecified atom stereocenters. The quantitative estimate of drug-likeness (QED) is 0.610. The lowest BCUT2D eigenvalue weighted by molar-refractivity contribution is -0.115. The van der Waals surface area contributed by atoms with E-state index < -0.39 is 0 Å². The van der Waals surface area contributed by atoms with Gasteiger partial charge >= 0.3 is 0 Å². The summed E-state index contributed by atoms with van der Waals surface area (Å²) in [6.45, 7) is 2.09. The van der Waals surface area contributed by atoms with Crippen LogP contribution >= 0.6 is 23.1 Å². The van der Waals surface area contributed by atoms with E-state index in [9.17, 15) is 4.79 Å². The second-order valence-electron chi connectivity index (χ2n) is 6.70. The third-order valence-electron chi connectivity index (χ3n) is 4.61. The summed E-state index contributed by atoms with van der Waals surface area (Å²) in [5.74, 6) is 2.14. The Morgan fingerprint density at radius 1 is 1.29 bits per heavy atom. The van der Waals surface area contributed by atoms with Crippen LogP contribution in [0.5, 0.6) is 11.5 Å². The van der Waals surface area contributed by atoms with Crippen molar-refractivity contribution in [2.75, 3.05) is 12.1 Å². The Bertz CT molecular complexity index is 1010. The predicted octanol–water partition coefficient (Wildman–Crippen LogP) is 4.19. The van der Waals surface area contributed by atoms with Crippen molar-refractivity contribution >= 4 is 34.7 Å². The monoisotopic (exact) mass is 414 g/mol. The van der Waals surface area contributed by atoms with Crippen molar-refractivity contribution in [1.82, 2.24) is 14.8 Å².